The summed E-state index contributed by atoms with van der Waals surface area (Å²) in [6.45, 7) is 1.20. The van der Waals surface area contributed by atoms with Gasteiger partial charge in [-0.1, -0.05) is 19.1 Å². The first-order valence-electron chi connectivity index (χ1n) is 6.21. The maximum Gasteiger partial charge on any atom is 0.312 e. The minimum atomic E-state index is -3.55. The Balaban J connectivity index is 2.50. The van der Waals surface area contributed by atoms with Crippen LogP contribution in [0.15, 0.2) is 24.3 Å². The molecule has 5 nitrogen and oxygen atoms in total. The molecule has 1 aromatic carbocycles. The van der Waals surface area contributed by atoms with Crippen LogP contribution >= 0.6 is 0 Å². The molecule has 1 aliphatic rings. The van der Waals surface area contributed by atoms with E-state index >= 15 is 0 Å². The number of benzene rings is 1. The number of carboxylic acid groups (broad SMARTS) is 1. The lowest BCUT2D eigenvalue weighted by molar-refractivity contribution is -0.143. The average molecular weight is 301 g/mol. The summed E-state index contributed by atoms with van der Waals surface area (Å²) in [6.07, 6.45) is 0. The molecule has 3 unspecified atom stereocenters. The van der Waals surface area contributed by atoms with E-state index < -0.39 is 38.2 Å². The molecule has 7 heteroatoms. The fraction of sp³-hybridized carbons (Fsp3) is 0.462. The summed E-state index contributed by atoms with van der Waals surface area (Å²) >= 11 is 0. The highest BCUT2D eigenvalue weighted by molar-refractivity contribution is 7.92. The van der Waals surface area contributed by atoms with Crippen LogP contribution in [0.5, 0.6) is 0 Å². The molecular formula is C13H16FNO4S. The van der Waals surface area contributed by atoms with Crippen LogP contribution in [-0.2, 0) is 14.6 Å². The Labute approximate surface area is 116 Å². The van der Waals surface area contributed by atoms with Crippen LogP contribution in [0.2, 0.25) is 0 Å². The second-order valence-electron chi connectivity index (χ2n) is 4.95. The number of rotatable bonds is 5. The first kappa shape index (κ1) is 14.9. The number of hydrogen-bond donors (Lipinski definition) is 2. The van der Waals surface area contributed by atoms with Crippen LogP contribution in [0.25, 0.3) is 0 Å². The summed E-state index contributed by atoms with van der Waals surface area (Å²) in [5.41, 5.74) is 4.53. The molecule has 0 heterocycles. The molecule has 20 heavy (non-hydrogen) atoms. The second-order valence-corrected chi connectivity index (χ2v) is 7.36. The van der Waals surface area contributed by atoms with Crippen molar-refractivity contribution in [2.24, 2.45) is 11.1 Å². The number of nitrogens with two attached hydrogens (primary N) is 1. The third kappa shape index (κ3) is 2.01. The molecule has 3 N–H and O–H groups in total. The summed E-state index contributed by atoms with van der Waals surface area (Å²) < 4.78 is 37.1. The number of halogens is 1. The highest BCUT2D eigenvalue weighted by Gasteiger charge is 2.74. The maximum absolute atomic E-state index is 12.9. The fourth-order valence-electron chi connectivity index (χ4n) is 2.84. The third-order valence-electron chi connectivity index (χ3n) is 4.01. The standard InChI is InChI=1S/C13H16FNO4S/c1-2-20(18,19)11-10(13(11,7-15)12(16)17)8-3-5-9(14)6-4-8/h3-6,10-11H,2,7,15H2,1H3,(H,16,17). The van der Waals surface area contributed by atoms with Crippen LogP contribution in [0.1, 0.15) is 18.4 Å². The van der Waals surface area contributed by atoms with E-state index in [0.717, 1.165) is 0 Å². The zero-order valence-corrected chi connectivity index (χ0v) is 11.7. The minimum absolute atomic E-state index is 0.148. The lowest BCUT2D eigenvalue weighted by Crippen LogP contribution is -2.32. The van der Waals surface area contributed by atoms with Crippen molar-refractivity contribution in [3.63, 3.8) is 0 Å². The van der Waals surface area contributed by atoms with Gasteiger partial charge in [0.1, 0.15) is 11.2 Å². The van der Waals surface area contributed by atoms with Gasteiger partial charge in [0, 0.05) is 18.2 Å². The van der Waals surface area contributed by atoms with Gasteiger partial charge in [-0.25, -0.2) is 12.8 Å². The van der Waals surface area contributed by atoms with Crippen molar-refractivity contribution in [3.05, 3.63) is 35.6 Å². The molecule has 0 aliphatic heterocycles. The number of carbonyl (C=O) groups is 1. The Morgan fingerprint density at radius 3 is 2.35 bits per heavy atom. The molecule has 1 aromatic rings. The minimum Gasteiger partial charge on any atom is -0.481 e. The van der Waals surface area contributed by atoms with Crippen LogP contribution in [0, 0.1) is 11.2 Å². The van der Waals surface area contributed by atoms with E-state index in [0.29, 0.717) is 5.56 Å². The molecule has 110 valence electrons. The normalized spacial score (nSPS) is 29.1. The Hall–Kier alpha value is -1.47. The molecule has 0 aromatic heterocycles. The molecule has 0 radical (unpaired) electrons. The van der Waals surface area contributed by atoms with E-state index in [-0.39, 0.29) is 12.3 Å². The van der Waals surface area contributed by atoms with E-state index in [1.165, 1.54) is 31.2 Å². The Bertz CT molecular complexity index is 628. The highest BCUT2D eigenvalue weighted by atomic mass is 32.2. The van der Waals surface area contributed by atoms with E-state index in [9.17, 15) is 22.7 Å². The predicted molar refractivity (Wildman–Crippen MR) is 71.5 cm³/mol. The van der Waals surface area contributed by atoms with E-state index in [4.69, 9.17) is 5.73 Å². The highest BCUT2D eigenvalue weighted by Crippen LogP contribution is 2.62. The van der Waals surface area contributed by atoms with Crippen LogP contribution in [0.4, 0.5) is 4.39 Å². The third-order valence-corrected chi connectivity index (χ3v) is 6.28. The van der Waals surface area contributed by atoms with Crippen molar-refractivity contribution in [2.45, 2.75) is 18.1 Å². The van der Waals surface area contributed by atoms with Gasteiger partial charge in [0.2, 0.25) is 0 Å². The fourth-order valence-corrected chi connectivity index (χ4v) is 4.92. The van der Waals surface area contributed by atoms with Gasteiger partial charge >= 0.3 is 5.97 Å². The summed E-state index contributed by atoms with van der Waals surface area (Å²) in [5.74, 6) is -2.56. The first-order chi connectivity index (χ1) is 9.31. The van der Waals surface area contributed by atoms with E-state index in [1.807, 2.05) is 0 Å². The summed E-state index contributed by atoms with van der Waals surface area (Å²) in [7, 11) is -3.55. The molecule has 0 amide bonds. The topological polar surface area (TPSA) is 97.5 Å². The van der Waals surface area contributed by atoms with Crippen molar-refractivity contribution in [1.29, 1.82) is 0 Å². The van der Waals surface area contributed by atoms with Crippen molar-refractivity contribution in [1.82, 2.24) is 0 Å². The Morgan fingerprint density at radius 2 is 1.95 bits per heavy atom. The molecule has 0 saturated heterocycles. The molecule has 0 spiro atoms. The maximum atomic E-state index is 12.9. The van der Waals surface area contributed by atoms with Crippen molar-refractivity contribution >= 4 is 15.8 Å². The SMILES string of the molecule is CCS(=O)(=O)C1C(c2ccc(F)cc2)C1(CN)C(=O)O. The zero-order chi connectivity index (χ0) is 15.1. The van der Waals surface area contributed by atoms with Gasteiger partial charge in [-0.15, -0.1) is 0 Å². The number of aliphatic carboxylic acids is 1. The van der Waals surface area contributed by atoms with Crippen molar-refractivity contribution in [3.8, 4) is 0 Å². The molecule has 3 atom stereocenters. The van der Waals surface area contributed by atoms with E-state index in [1.54, 1.807) is 0 Å². The van der Waals surface area contributed by atoms with Crippen LogP contribution in [0.3, 0.4) is 0 Å². The van der Waals surface area contributed by atoms with E-state index in [2.05, 4.69) is 0 Å². The van der Waals surface area contributed by atoms with Gasteiger partial charge in [-0.3, -0.25) is 4.79 Å². The average Bonchev–Trinajstić information content (AvgIpc) is 3.11. The van der Waals surface area contributed by atoms with Gasteiger partial charge in [-0.2, -0.15) is 0 Å². The summed E-state index contributed by atoms with van der Waals surface area (Å²) in [4.78, 5) is 11.5. The quantitative estimate of drug-likeness (QED) is 0.836. The zero-order valence-electron chi connectivity index (χ0n) is 10.9. The van der Waals surface area contributed by atoms with Gasteiger partial charge in [0.25, 0.3) is 0 Å². The van der Waals surface area contributed by atoms with Gasteiger partial charge < -0.3 is 10.8 Å². The molecule has 1 aliphatic carbocycles. The van der Waals surface area contributed by atoms with Gasteiger partial charge in [0.15, 0.2) is 9.84 Å². The Kier molecular flexibility index (Phi) is 3.60. The number of carboxylic acids is 1. The first-order valence-corrected chi connectivity index (χ1v) is 7.93. The lowest BCUT2D eigenvalue weighted by atomic mass is 9.99. The number of hydrogen-bond acceptors (Lipinski definition) is 4. The molecule has 1 saturated carbocycles. The lowest BCUT2D eigenvalue weighted by Gasteiger charge is -2.09. The molecule has 0 bridgehead atoms. The van der Waals surface area contributed by atoms with Gasteiger partial charge in [0.05, 0.1) is 5.25 Å². The summed E-state index contributed by atoms with van der Waals surface area (Å²) in [6, 6.07) is 5.20. The van der Waals surface area contributed by atoms with Crippen molar-refractivity contribution in [2.75, 3.05) is 12.3 Å². The molecular weight excluding hydrogens is 285 g/mol. The monoisotopic (exact) mass is 301 g/mol. The van der Waals surface area contributed by atoms with Crippen molar-refractivity contribution < 1.29 is 22.7 Å². The van der Waals surface area contributed by atoms with Crippen LogP contribution in [-0.4, -0.2) is 37.0 Å². The Morgan fingerprint density at radius 1 is 1.40 bits per heavy atom. The smallest absolute Gasteiger partial charge is 0.312 e. The largest absolute Gasteiger partial charge is 0.481 e. The molecule has 1 fully saturated rings. The molecule has 2 rings (SSSR count). The predicted octanol–water partition coefficient (Wildman–Crippen LogP) is 0.756. The second kappa shape index (κ2) is 4.82. The van der Waals surface area contributed by atoms with Crippen LogP contribution < -0.4 is 5.73 Å². The number of sulfone groups is 1. The summed E-state index contributed by atoms with van der Waals surface area (Å²) in [5, 5.41) is 8.35. The van der Waals surface area contributed by atoms with Gasteiger partial charge in [-0.05, 0) is 17.7 Å².